The number of fused-ring (bicyclic) bond motifs is 1. The Bertz CT molecular complexity index is 1110. The third-order valence-corrected chi connectivity index (χ3v) is 5.53. The van der Waals surface area contributed by atoms with E-state index in [4.69, 9.17) is 11.6 Å². The lowest BCUT2D eigenvalue weighted by Gasteiger charge is -2.21. The highest BCUT2D eigenvalue weighted by atomic mass is 35.5. The Labute approximate surface area is 166 Å². The molecule has 0 aliphatic carbocycles. The molecule has 4 aromatic rings. The van der Waals surface area contributed by atoms with E-state index in [9.17, 15) is 4.79 Å². The van der Waals surface area contributed by atoms with Gasteiger partial charge in [-0.2, -0.15) is 0 Å². The van der Waals surface area contributed by atoms with Crippen LogP contribution in [-0.2, 0) is 6.54 Å². The highest BCUT2D eigenvalue weighted by Crippen LogP contribution is 2.32. The molecule has 0 N–H and O–H groups in total. The number of amides is 1. The first kappa shape index (κ1) is 17.6. The Kier molecular flexibility index (Phi) is 4.88. The standard InChI is InChI=1S/C21H16ClN3OS/c1-14-5-2-3-7-17(14)20(26)25(13-15-6-4-10-23-12-15)21-24-18-9-8-16(22)11-19(18)27-21/h2-12H,13H2,1H3. The van der Waals surface area contributed by atoms with Crippen molar-refractivity contribution >= 4 is 44.2 Å². The zero-order valence-electron chi connectivity index (χ0n) is 14.6. The maximum absolute atomic E-state index is 13.4. The molecule has 0 spiro atoms. The third kappa shape index (κ3) is 3.70. The van der Waals surface area contributed by atoms with E-state index in [0.29, 0.717) is 22.3 Å². The first-order valence-corrected chi connectivity index (χ1v) is 9.64. The summed E-state index contributed by atoms with van der Waals surface area (Å²) < 4.78 is 0.950. The zero-order valence-corrected chi connectivity index (χ0v) is 16.2. The summed E-state index contributed by atoms with van der Waals surface area (Å²) in [5.41, 5.74) is 3.37. The number of pyridine rings is 1. The Morgan fingerprint density at radius 2 is 2.00 bits per heavy atom. The number of thiazole rings is 1. The van der Waals surface area contributed by atoms with Crippen molar-refractivity contribution in [3.05, 3.63) is 88.7 Å². The van der Waals surface area contributed by atoms with Gasteiger partial charge < -0.3 is 0 Å². The highest BCUT2D eigenvalue weighted by Gasteiger charge is 2.23. The lowest BCUT2D eigenvalue weighted by Crippen LogP contribution is -2.30. The van der Waals surface area contributed by atoms with Crippen LogP contribution in [0.1, 0.15) is 21.5 Å². The smallest absolute Gasteiger partial charge is 0.260 e. The molecule has 2 heterocycles. The average Bonchev–Trinajstić information content (AvgIpc) is 3.09. The monoisotopic (exact) mass is 393 g/mol. The van der Waals surface area contributed by atoms with Crippen LogP contribution in [0.5, 0.6) is 0 Å². The SMILES string of the molecule is Cc1ccccc1C(=O)N(Cc1cccnc1)c1nc2ccc(Cl)cc2s1. The largest absolute Gasteiger partial charge is 0.279 e. The number of benzene rings is 2. The van der Waals surface area contributed by atoms with Crippen LogP contribution in [0.25, 0.3) is 10.2 Å². The van der Waals surface area contributed by atoms with Crippen molar-refractivity contribution in [1.29, 1.82) is 0 Å². The fraction of sp³-hybridized carbons (Fsp3) is 0.0952. The number of nitrogens with zero attached hydrogens (tertiary/aromatic N) is 3. The molecule has 4 rings (SSSR count). The minimum Gasteiger partial charge on any atom is -0.279 e. The molecule has 0 radical (unpaired) electrons. The summed E-state index contributed by atoms with van der Waals surface area (Å²) in [5.74, 6) is -0.0814. The van der Waals surface area contributed by atoms with Crippen LogP contribution in [0.3, 0.4) is 0 Å². The van der Waals surface area contributed by atoms with Crippen molar-refractivity contribution in [2.45, 2.75) is 13.5 Å². The molecular weight excluding hydrogens is 378 g/mol. The summed E-state index contributed by atoms with van der Waals surface area (Å²) in [7, 11) is 0. The van der Waals surface area contributed by atoms with Gasteiger partial charge in [0, 0.05) is 23.0 Å². The number of rotatable bonds is 4. The van der Waals surface area contributed by atoms with Gasteiger partial charge in [-0.15, -0.1) is 0 Å². The Balaban J connectivity index is 1.79. The molecule has 1 amide bonds. The second-order valence-electron chi connectivity index (χ2n) is 6.18. The van der Waals surface area contributed by atoms with E-state index >= 15 is 0 Å². The normalized spacial score (nSPS) is 10.9. The molecular formula is C21H16ClN3OS. The molecule has 2 aromatic heterocycles. The van der Waals surface area contributed by atoms with E-state index in [1.807, 2.05) is 61.5 Å². The Morgan fingerprint density at radius 3 is 2.78 bits per heavy atom. The molecule has 6 heteroatoms. The minimum absolute atomic E-state index is 0.0814. The van der Waals surface area contributed by atoms with E-state index < -0.39 is 0 Å². The molecule has 27 heavy (non-hydrogen) atoms. The number of carbonyl (C=O) groups is 1. The van der Waals surface area contributed by atoms with E-state index in [1.165, 1.54) is 11.3 Å². The van der Waals surface area contributed by atoms with E-state index in [-0.39, 0.29) is 5.91 Å². The van der Waals surface area contributed by atoms with Crippen molar-refractivity contribution in [2.24, 2.45) is 0 Å². The van der Waals surface area contributed by atoms with Crippen LogP contribution in [0.4, 0.5) is 5.13 Å². The molecule has 0 saturated carbocycles. The maximum Gasteiger partial charge on any atom is 0.260 e. The maximum atomic E-state index is 13.4. The van der Waals surface area contributed by atoms with Crippen LogP contribution in [-0.4, -0.2) is 15.9 Å². The summed E-state index contributed by atoms with van der Waals surface area (Å²) in [6.45, 7) is 2.34. The molecule has 0 aliphatic heterocycles. The van der Waals surface area contributed by atoms with Gasteiger partial charge in [-0.1, -0.05) is 47.2 Å². The van der Waals surface area contributed by atoms with Crippen LogP contribution in [0, 0.1) is 6.92 Å². The molecule has 0 atom stereocenters. The van der Waals surface area contributed by atoms with Crippen molar-refractivity contribution in [2.75, 3.05) is 4.90 Å². The van der Waals surface area contributed by atoms with Gasteiger partial charge in [0.15, 0.2) is 5.13 Å². The third-order valence-electron chi connectivity index (χ3n) is 4.25. The predicted octanol–water partition coefficient (Wildman–Crippen LogP) is 5.50. The molecule has 0 unspecified atom stereocenters. The Morgan fingerprint density at radius 1 is 1.15 bits per heavy atom. The van der Waals surface area contributed by atoms with Gasteiger partial charge in [-0.25, -0.2) is 4.98 Å². The van der Waals surface area contributed by atoms with Gasteiger partial charge in [0.05, 0.1) is 16.8 Å². The second-order valence-corrected chi connectivity index (χ2v) is 7.62. The van der Waals surface area contributed by atoms with Crippen LogP contribution < -0.4 is 4.90 Å². The van der Waals surface area contributed by atoms with E-state index in [0.717, 1.165) is 21.3 Å². The number of carbonyl (C=O) groups excluding carboxylic acids is 1. The number of anilines is 1. The van der Waals surface area contributed by atoms with Crippen molar-refractivity contribution < 1.29 is 4.79 Å². The van der Waals surface area contributed by atoms with Crippen molar-refractivity contribution in [1.82, 2.24) is 9.97 Å². The number of aromatic nitrogens is 2. The average molecular weight is 394 g/mol. The van der Waals surface area contributed by atoms with Gasteiger partial charge in [-0.3, -0.25) is 14.7 Å². The summed E-state index contributed by atoms with van der Waals surface area (Å²) in [6.07, 6.45) is 3.49. The molecule has 0 bridgehead atoms. The van der Waals surface area contributed by atoms with Crippen LogP contribution in [0.15, 0.2) is 67.0 Å². The van der Waals surface area contributed by atoms with Gasteiger partial charge in [0.25, 0.3) is 5.91 Å². The molecule has 0 fully saturated rings. The number of halogens is 1. The summed E-state index contributed by atoms with van der Waals surface area (Å²) in [6, 6.07) is 17.0. The summed E-state index contributed by atoms with van der Waals surface area (Å²) in [5, 5.41) is 1.30. The second kappa shape index (κ2) is 7.47. The van der Waals surface area contributed by atoms with E-state index in [2.05, 4.69) is 9.97 Å². The predicted molar refractivity (Wildman–Crippen MR) is 111 cm³/mol. The molecule has 134 valence electrons. The van der Waals surface area contributed by atoms with Crippen molar-refractivity contribution in [3.63, 3.8) is 0 Å². The lowest BCUT2D eigenvalue weighted by atomic mass is 10.1. The van der Waals surface area contributed by atoms with Crippen LogP contribution >= 0.6 is 22.9 Å². The first-order valence-electron chi connectivity index (χ1n) is 8.44. The zero-order chi connectivity index (χ0) is 18.8. The lowest BCUT2D eigenvalue weighted by molar-refractivity contribution is 0.0984. The van der Waals surface area contributed by atoms with Gasteiger partial charge in [0.2, 0.25) is 0 Å². The minimum atomic E-state index is -0.0814. The summed E-state index contributed by atoms with van der Waals surface area (Å²) >= 11 is 7.56. The van der Waals surface area contributed by atoms with E-state index in [1.54, 1.807) is 17.3 Å². The first-order chi connectivity index (χ1) is 13.1. The molecule has 0 aliphatic rings. The Hall–Kier alpha value is -2.76. The number of hydrogen-bond donors (Lipinski definition) is 0. The van der Waals surface area contributed by atoms with Gasteiger partial charge >= 0.3 is 0 Å². The molecule has 0 saturated heterocycles. The fourth-order valence-electron chi connectivity index (χ4n) is 2.86. The van der Waals surface area contributed by atoms with Gasteiger partial charge in [-0.05, 0) is 48.4 Å². The topological polar surface area (TPSA) is 46.1 Å². The number of aryl methyl sites for hydroxylation is 1. The molecule has 2 aromatic carbocycles. The van der Waals surface area contributed by atoms with Crippen LogP contribution in [0.2, 0.25) is 5.02 Å². The van der Waals surface area contributed by atoms with Crippen molar-refractivity contribution in [3.8, 4) is 0 Å². The molecule has 4 nitrogen and oxygen atoms in total. The van der Waals surface area contributed by atoms with Gasteiger partial charge in [0.1, 0.15) is 0 Å². The fourth-order valence-corrected chi connectivity index (χ4v) is 4.10. The quantitative estimate of drug-likeness (QED) is 0.460. The highest BCUT2D eigenvalue weighted by molar-refractivity contribution is 7.22. The summed E-state index contributed by atoms with van der Waals surface area (Å²) in [4.78, 5) is 23.9. The number of hydrogen-bond acceptors (Lipinski definition) is 4.